The third-order valence-electron chi connectivity index (χ3n) is 4.23. The Labute approximate surface area is 134 Å². The van der Waals surface area contributed by atoms with Crippen LogP contribution in [0.1, 0.15) is 26.3 Å². The Balaban J connectivity index is 2.51. The highest BCUT2D eigenvalue weighted by Crippen LogP contribution is 2.32. The predicted molar refractivity (Wildman–Crippen MR) is 91.1 cm³/mol. The fourth-order valence-electron chi connectivity index (χ4n) is 2.62. The molecule has 0 amide bonds. The summed E-state index contributed by atoms with van der Waals surface area (Å²) >= 11 is 0. The van der Waals surface area contributed by atoms with E-state index in [-0.39, 0.29) is 5.41 Å². The van der Waals surface area contributed by atoms with Gasteiger partial charge in [-0.05, 0) is 37.2 Å². The van der Waals surface area contributed by atoms with Crippen LogP contribution in [0.4, 0.5) is 5.69 Å². The highest BCUT2D eigenvalue weighted by atomic mass is 32.2. The van der Waals surface area contributed by atoms with Gasteiger partial charge in [0.05, 0.1) is 5.69 Å². The maximum Gasteiger partial charge on any atom is 0.242 e. The zero-order valence-corrected chi connectivity index (χ0v) is 15.0. The minimum Gasteiger partial charge on any atom is -0.368 e. The van der Waals surface area contributed by atoms with Crippen LogP contribution in [0.15, 0.2) is 23.1 Å². The maximum atomic E-state index is 12.3. The molecule has 1 saturated heterocycles. The first-order valence-corrected chi connectivity index (χ1v) is 9.15. The second kappa shape index (κ2) is 6.18. The average Bonchev–Trinajstić information content (AvgIpc) is 2.46. The number of likely N-dealkylation sites (N-methyl/N-ethyl adjacent to an activating group) is 1. The molecule has 2 rings (SSSR count). The van der Waals surface area contributed by atoms with Crippen molar-refractivity contribution >= 4 is 15.7 Å². The Bertz CT molecular complexity index is 627. The van der Waals surface area contributed by atoms with Crippen molar-refractivity contribution in [3.05, 3.63) is 23.8 Å². The quantitative estimate of drug-likeness (QED) is 0.918. The molecule has 0 radical (unpaired) electrons. The van der Waals surface area contributed by atoms with E-state index < -0.39 is 10.0 Å². The molecule has 6 heteroatoms. The van der Waals surface area contributed by atoms with E-state index in [0.717, 1.165) is 37.4 Å². The zero-order valence-electron chi connectivity index (χ0n) is 14.2. The minimum absolute atomic E-state index is 0.0107. The third kappa shape index (κ3) is 3.62. The minimum atomic E-state index is -3.46. The normalized spacial score (nSPS) is 17.8. The van der Waals surface area contributed by atoms with Crippen LogP contribution in [-0.2, 0) is 15.4 Å². The lowest BCUT2D eigenvalue weighted by molar-refractivity contribution is 0.312. The van der Waals surface area contributed by atoms with Crippen LogP contribution in [0.3, 0.4) is 0 Å². The van der Waals surface area contributed by atoms with E-state index in [4.69, 9.17) is 0 Å². The predicted octanol–water partition coefficient (Wildman–Crippen LogP) is 1.64. The molecule has 0 atom stereocenters. The third-order valence-corrected chi connectivity index (χ3v) is 5.69. The van der Waals surface area contributed by atoms with Crippen molar-refractivity contribution in [2.24, 2.45) is 0 Å². The van der Waals surface area contributed by atoms with Crippen LogP contribution in [0.25, 0.3) is 0 Å². The van der Waals surface area contributed by atoms with Crippen molar-refractivity contribution in [3.63, 3.8) is 0 Å². The summed E-state index contributed by atoms with van der Waals surface area (Å²) in [5, 5.41) is 0. The SMILES string of the molecule is CNS(=O)(=O)c1ccc(C(C)(C)C)cc1N1CCN(C)CC1. The fraction of sp³-hybridized carbons (Fsp3) is 0.625. The molecule has 0 saturated carbocycles. The van der Waals surface area contributed by atoms with Gasteiger partial charge in [-0.15, -0.1) is 0 Å². The van der Waals surface area contributed by atoms with Crippen molar-refractivity contribution < 1.29 is 8.42 Å². The van der Waals surface area contributed by atoms with Gasteiger partial charge in [-0.2, -0.15) is 0 Å². The summed E-state index contributed by atoms with van der Waals surface area (Å²) in [6, 6.07) is 5.69. The van der Waals surface area contributed by atoms with Crippen LogP contribution >= 0.6 is 0 Å². The monoisotopic (exact) mass is 325 g/mol. The van der Waals surface area contributed by atoms with Crippen LogP contribution < -0.4 is 9.62 Å². The molecule has 1 fully saturated rings. The Morgan fingerprint density at radius 3 is 2.18 bits per heavy atom. The standard InChI is InChI=1S/C16H27N3O2S/c1-16(2,3)13-6-7-15(22(20,21)17-4)14(12-13)19-10-8-18(5)9-11-19/h6-7,12,17H,8-11H2,1-5H3. The topological polar surface area (TPSA) is 52.7 Å². The van der Waals surface area contributed by atoms with Crippen molar-refractivity contribution in [2.45, 2.75) is 31.1 Å². The molecule has 0 unspecified atom stereocenters. The maximum absolute atomic E-state index is 12.3. The average molecular weight is 325 g/mol. The number of piperazine rings is 1. The highest BCUT2D eigenvalue weighted by molar-refractivity contribution is 7.89. The van der Waals surface area contributed by atoms with Gasteiger partial charge in [-0.25, -0.2) is 13.1 Å². The van der Waals surface area contributed by atoms with Crippen LogP contribution in [0.2, 0.25) is 0 Å². The molecule has 1 aliphatic rings. The van der Waals surface area contributed by atoms with Gasteiger partial charge in [-0.3, -0.25) is 0 Å². The first-order chi connectivity index (χ1) is 10.1. The number of benzene rings is 1. The lowest BCUT2D eigenvalue weighted by Gasteiger charge is -2.35. The molecule has 1 aromatic rings. The summed E-state index contributed by atoms with van der Waals surface area (Å²) in [6.45, 7) is 10.00. The number of hydrogen-bond acceptors (Lipinski definition) is 4. The summed E-state index contributed by atoms with van der Waals surface area (Å²) in [4.78, 5) is 4.81. The molecule has 124 valence electrons. The molecule has 1 aliphatic heterocycles. The summed E-state index contributed by atoms with van der Waals surface area (Å²) < 4.78 is 27.1. The molecular weight excluding hydrogens is 298 g/mol. The van der Waals surface area contributed by atoms with Crippen LogP contribution in [0.5, 0.6) is 0 Å². The van der Waals surface area contributed by atoms with Gasteiger partial charge in [0.1, 0.15) is 4.90 Å². The van der Waals surface area contributed by atoms with E-state index >= 15 is 0 Å². The molecule has 5 nitrogen and oxygen atoms in total. The fourth-order valence-corrected chi connectivity index (χ4v) is 3.55. The second-order valence-electron chi connectivity index (χ2n) is 6.93. The number of nitrogens with one attached hydrogen (secondary N) is 1. The van der Waals surface area contributed by atoms with Crippen LogP contribution in [-0.4, -0.2) is 53.6 Å². The highest BCUT2D eigenvalue weighted by Gasteiger charge is 2.25. The van der Waals surface area contributed by atoms with Gasteiger partial charge < -0.3 is 9.80 Å². The van der Waals surface area contributed by atoms with E-state index in [2.05, 4.69) is 42.3 Å². The summed E-state index contributed by atoms with van der Waals surface area (Å²) in [5.74, 6) is 0. The molecule has 0 spiro atoms. The Morgan fingerprint density at radius 2 is 1.68 bits per heavy atom. The Hall–Kier alpha value is -1.11. The lowest BCUT2D eigenvalue weighted by Crippen LogP contribution is -2.45. The second-order valence-corrected chi connectivity index (χ2v) is 8.79. The van der Waals surface area contributed by atoms with Gasteiger partial charge in [0.15, 0.2) is 0 Å². The molecule has 0 aliphatic carbocycles. The smallest absolute Gasteiger partial charge is 0.242 e. The molecule has 0 aromatic heterocycles. The molecule has 1 aromatic carbocycles. The van der Waals surface area contributed by atoms with E-state index in [1.54, 1.807) is 6.07 Å². The van der Waals surface area contributed by atoms with E-state index in [9.17, 15) is 8.42 Å². The molecule has 22 heavy (non-hydrogen) atoms. The van der Waals surface area contributed by atoms with E-state index in [0.29, 0.717) is 4.90 Å². The van der Waals surface area contributed by atoms with Gasteiger partial charge >= 0.3 is 0 Å². The molecule has 1 heterocycles. The first-order valence-electron chi connectivity index (χ1n) is 7.67. The number of nitrogens with zero attached hydrogens (tertiary/aromatic N) is 2. The van der Waals surface area contributed by atoms with Gasteiger partial charge in [0, 0.05) is 26.2 Å². The van der Waals surface area contributed by atoms with Gasteiger partial charge in [0.25, 0.3) is 0 Å². The number of anilines is 1. The summed E-state index contributed by atoms with van der Waals surface area (Å²) in [6.07, 6.45) is 0. The Morgan fingerprint density at radius 1 is 1.09 bits per heavy atom. The Kier molecular flexibility index (Phi) is 4.84. The number of sulfonamides is 1. The van der Waals surface area contributed by atoms with Gasteiger partial charge in [-0.1, -0.05) is 26.8 Å². The van der Waals surface area contributed by atoms with Crippen molar-refractivity contribution in [1.29, 1.82) is 0 Å². The number of hydrogen-bond donors (Lipinski definition) is 1. The molecule has 1 N–H and O–H groups in total. The number of rotatable bonds is 3. The lowest BCUT2D eigenvalue weighted by atomic mass is 9.87. The summed E-state index contributed by atoms with van der Waals surface area (Å²) in [5.41, 5.74) is 1.95. The van der Waals surface area contributed by atoms with Crippen LogP contribution in [0, 0.1) is 0 Å². The van der Waals surface area contributed by atoms with Crippen molar-refractivity contribution in [3.8, 4) is 0 Å². The van der Waals surface area contributed by atoms with Crippen molar-refractivity contribution in [1.82, 2.24) is 9.62 Å². The van der Waals surface area contributed by atoms with Crippen molar-refractivity contribution in [2.75, 3.05) is 45.2 Å². The molecule has 0 bridgehead atoms. The first kappa shape index (κ1) is 17.2. The summed E-state index contributed by atoms with van der Waals surface area (Å²) in [7, 11) is 0.0913. The largest absolute Gasteiger partial charge is 0.368 e. The van der Waals surface area contributed by atoms with Gasteiger partial charge in [0.2, 0.25) is 10.0 Å². The molecular formula is C16H27N3O2S. The van der Waals surface area contributed by atoms with E-state index in [1.165, 1.54) is 7.05 Å². The zero-order chi connectivity index (χ0) is 16.5. The van der Waals surface area contributed by atoms with E-state index in [1.807, 2.05) is 12.1 Å².